The van der Waals surface area contributed by atoms with Crippen molar-refractivity contribution in [3.63, 3.8) is 0 Å². The van der Waals surface area contributed by atoms with Crippen molar-refractivity contribution >= 4 is 23.1 Å². The number of benzene rings is 2. The predicted molar refractivity (Wildman–Crippen MR) is 120 cm³/mol. The molecule has 1 saturated heterocycles. The van der Waals surface area contributed by atoms with Crippen molar-refractivity contribution in [2.45, 2.75) is 25.8 Å². The van der Waals surface area contributed by atoms with Crippen molar-refractivity contribution in [3.05, 3.63) is 94.8 Å². The average molecular weight is 426 g/mol. The first-order valence-electron chi connectivity index (χ1n) is 10.6. The number of aryl methyl sites for hydroxylation is 2. The highest BCUT2D eigenvalue weighted by Gasteiger charge is 2.47. The lowest BCUT2D eigenvalue weighted by Crippen LogP contribution is -2.29. The minimum absolute atomic E-state index is 0.0567. The third-order valence-corrected chi connectivity index (χ3v) is 5.91. The molecule has 1 fully saturated rings. The molecule has 3 heterocycles. The van der Waals surface area contributed by atoms with Crippen LogP contribution in [0.25, 0.3) is 5.76 Å². The van der Waals surface area contributed by atoms with Gasteiger partial charge in [-0.05, 0) is 72.9 Å². The third-order valence-electron chi connectivity index (χ3n) is 5.91. The number of fused-ring (bicyclic) bond motifs is 1. The highest BCUT2D eigenvalue weighted by molar-refractivity contribution is 6.51. The van der Waals surface area contributed by atoms with Crippen molar-refractivity contribution in [3.8, 4) is 5.75 Å². The lowest BCUT2D eigenvalue weighted by Gasteiger charge is -2.25. The van der Waals surface area contributed by atoms with Crippen LogP contribution in [0, 0.1) is 6.92 Å². The molecule has 3 aromatic rings. The Bertz CT molecular complexity index is 1250. The van der Waals surface area contributed by atoms with Gasteiger partial charge < -0.3 is 9.84 Å². The molecule has 6 nitrogen and oxygen atoms in total. The number of carbonyl (C=O) groups excluding carboxylic acids is 2. The maximum atomic E-state index is 13.2. The monoisotopic (exact) mass is 426 g/mol. The third kappa shape index (κ3) is 3.34. The Morgan fingerprint density at radius 2 is 2.00 bits per heavy atom. The van der Waals surface area contributed by atoms with Gasteiger partial charge in [0.2, 0.25) is 0 Å². The number of ketones is 1. The van der Waals surface area contributed by atoms with Gasteiger partial charge in [0.1, 0.15) is 11.5 Å². The minimum Gasteiger partial charge on any atom is -0.507 e. The number of hydrogen-bond acceptors (Lipinski definition) is 5. The van der Waals surface area contributed by atoms with Crippen LogP contribution >= 0.6 is 0 Å². The van der Waals surface area contributed by atoms with Crippen LogP contribution in [0.5, 0.6) is 5.75 Å². The average Bonchev–Trinajstić information content (AvgIpc) is 3.09. The van der Waals surface area contributed by atoms with Crippen LogP contribution in [0.15, 0.2) is 72.6 Å². The van der Waals surface area contributed by atoms with Gasteiger partial charge in [-0.15, -0.1) is 0 Å². The van der Waals surface area contributed by atoms with E-state index in [1.807, 2.05) is 31.2 Å². The van der Waals surface area contributed by atoms with Gasteiger partial charge in [0.15, 0.2) is 0 Å². The summed E-state index contributed by atoms with van der Waals surface area (Å²) in [7, 11) is 0. The van der Waals surface area contributed by atoms with Crippen LogP contribution in [-0.2, 0) is 16.0 Å². The molecule has 0 aliphatic carbocycles. The van der Waals surface area contributed by atoms with E-state index in [0.29, 0.717) is 23.4 Å². The van der Waals surface area contributed by atoms with Crippen molar-refractivity contribution < 1.29 is 19.4 Å². The van der Waals surface area contributed by atoms with E-state index >= 15 is 0 Å². The van der Waals surface area contributed by atoms with Crippen LogP contribution in [0.1, 0.15) is 34.7 Å². The van der Waals surface area contributed by atoms with E-state index in [1.165, 1.54) is 4.90 Å². The van der Waals surface area contributed by atoms with Gasteiger partial charge in [-0.25, -0.2) is 0 Å². The second-order valence-electron chi connectivity index (χ2n) is 8.07. The van der Waals surface area contributed by atoms with Crippen molar-refractivity contribution in [1.29, 1.82) is 0 Å². The molecule has 1 amide bonds. The summed E-state index contributed by atoms with van der Waals surface area (Å²) in [4.78, 5) is 32.0. The van der Waals surface area contributed by atoms with E-state index in [9.17, 15) is 14.7 Å². The molecule has 2 aliphatic heterocycles. The van der Waals surface area contributed by atoms with E-state index in [0.717, 1.165) is 29.7 Å². The minimum atomic E-state index is -0.780. The highest BCUT2D eigenvalue weighted by Crippen LogP contribution is 2.42. The SMILES string of the molecule is Cc1cccc(N2C(=O)C(=O)/C(=C(\O)c3ccc4c(c3)CCCO4)C2c2cccnc2)c1. The molecule has 2 aliphatic rings. The number of aromatic nitrogens is 1. The van der Waals surface area contributed by atoms with Crippen molar-refractivity contribution in [1.82, 2.24) is 4.98 Å². The molecule has 1 atom stereocenters. The molecule has 0 radical (unpaired) electrons. The quantitative estimate of drug-likeness (QED) is 0.383. The Labute approximate surface area is 185 Å². The van der Waals surface area contributed by atoms with Crippen molar-refractivity contribution in [2.75, 3.05) is 11.5 Å². The van der Waals surface area contributed by atoms with Gasteiger partial charge in [-0.3, -0.25) is 19.5 Å². The number of anilines is 1. The zero-order valence-corrected chi connectivity index (χ0v) is 17.6. The van der Waals surface area contributed by atoms with E-state index < -0.39 is 17.7 Å². The fraction of sp³-hybridized carbons (Fsp3) is 0.192. The topological polar surface area (TPSA) is 79.7 Å². The van der Waals surface area contributed by atoms with Gasteiger partial charge in [0.25, 0.3) is 11.7 Å². The van der Waals surface area contributed by atoms with Crippen LogP contribution < -0.4 is 9.64 Å². The van der Waals surface area contributed by atoms with E-state index in [-0.39, 0.29) is 11.3 Å². The Kier molecular flexibility index (Phi) is 4.98. The summed E-state index contributed by atoms with van der Waals surface area (Å²) in [5.41, 5.74) is 3.73. The first-order chi connectivity index (χ1) is 15.5. The normalized spacial score (nSPS) is 19.5. The number of hydrogen-bond donors (Lipinski definition) is 1. The molecule has 1 aromatic heterocycles. The van der Waals surface area contributed by atoms with Gasteiger partial charge in [-0.2, -0.15) is 0 Å². The molecule has 2 aromatic carbocycles. The lowest BCUT2D eigenvalue weighted by molar-refractivity contribution is -0.132. The first-order valence-corrected chi connectivity index (χ1v) is 10.6. The van der Waals surface area contributed by atoms with Gasteiger partial charge in [0, 0.05) is 23.6 Å². The molecular weight excluding hydrogens is 404 g/mol. The molecule has 5 rings (SSSR count). The molecule has 160 valence electrons. The predicted octanol–water partition coefficient (Wildman–Crippen LogP) is 4.34. The summed E-state index contributed by atoms with van der Waals surface area (Å²) in [5.74, 6) is -0.795. The maximum absolute atomic E-state index is 13.2. The molecule has 1 N–H and O–H groups in total. The Balaban J connectivity index is 1.69. The second kappa shape index (κ2) is 7.96. The summed E-state index contributed by atoms with van der Waals surface area (Å²) in [6, 6.07) is 15.5. The number of aliphatic hydroxyl groups is 1. The summed E-state index contributed by atoms with van der Waals surface area (Å²) in [6.45, 7) is 2.59. The Morgan fingerprint density at radius 3 is 2.78 bits per heavy atom. The molecule has 0 bridgehead atoms. The number of pyridine rings is 1. The van der Waals surface area contributed by atoms with Gasteiger partial charge in [-0.1, -0.05) is 18.2 Å². The Morgan fingerprint density at radius 1 is 1.12 bits per heavy atom. The summed E-state index contributed by atoms with van der Waals surface area (Å²) in [5, 5.41) is 11.3. The zero-order chi connectivity index (χ0) is 22.2. The molecule has 0 spiro atoms. The lowest BCUT2D eigenvalue weighted by atomic mass is 9.94. The first kappa shape index (κ1) is 20.0. The highest BCUT2D eigenvalue weighted by atomic mass is 16.5. The second-order valence-corrected chi connectivity index (χ2v) is 8.07. The van der Waals surface area contributed by atoms with E-state index in [4.69, 9.17) is 4.74 Å². The molecule has 1 unspecified atom stereocenters. The largest absolute Gasteiger partial charge is 0.507 e. The standard InChI is InChI=1S/C26H22N2O4/c1-16-5-2-8-20(13-16)28-23(19-6-3-11-27-15-19)22(25(30)26(28)31)24(29)18-9-10-21-17(14-18)7-4-12-32-21/h2-3,5-6,8-11,13-15,23,29H,4,7,12H2,1H3/b24-22-. The van der Waals surface area contributed by atoms with Crippen LogP contribution in [0.4, 0.5) is 5.69 Å². The summed E-state index contributed by atoms with van der Waals surface area (Å²) < 4.78 is 5.66. The van der Waals surface area contributed by atoms with Gasteiger partial charge >= 0.3 is 0 Å². The van der Waals surface area contributed by atoms with Crippen LogP contribution in [-0.4, -0.2) is 28.4 Å². The van der Waals surface area contributed by atoms with Crippen LogP contribution in [0.2, 0.25) is 0 Å². The van der Waals surface area contributed by atoms with E-state index in [1.54, 1.807) is 42.7 Å². The number of rotatable bonds is 3. The van der Waals surface area contributed by atoms with E-state index in [2.05, 4.69) is 4.98 Å². The smallest absolute Gasteiger partial charge is 0.300 e. The van der Waals surface area contributed by atoms with Gasteiger partial charge in [0.05, 0.1) is 18.2 Å². The fourth-order valence-electron chi connectivity index (χ4n) is 4.39. The van der Waals surface area contributed by atoms with Crippen molar-refractivity contribution in [2.24, 2.45) is 0 Å². The maximum Gasteiger partial charge on any atom is 0.300 e. The molecule has 32 heavy (non-hydrogen) atoms. The number of ether oxygens (including phenoxy) is 1. The Hall–Kier alpha value is -3.93. The molecule has 0 saturated carbocycles. The zero-order valence-electron chi connectivity index (χ0n) is 17.6. The number of Topliss-reactive ketones (excluding diaryl/α,β-unsaturated/α-hetero) is 1. The summed E-state index contributed by atoms with van der Waals surface area (Å²) >= 11 is 0. The molecular formula is C26H22N2O4. The molecule has 6 heteroatoms. The fourth-order valence-corrected chi connectivity index (χ4v) is 4.39. The number of amides is 1. The van der Waals surface area contributed by atoms with Crippen LogP contribution in [0.3, 0.4) is 0 Å². The number of aliphatic hydroxyl groups excluding tert-OH is 1. The number of carbonyl (C=O) groups is 2. The summed E-state index contributed by atoms with van der Waals surface area (Å²) in [6.07, 6.45) is 4.98. The number of nitrogens with zero attached hydrogens (tertiary/aromatic N) is 2.